The first-order valence-corrected chi connectivity index (χ1v) is 8.94. The molecule has 16 heavy (non-hydrogen) atoms. The average Bonchev–Trinajstić information content (AvgIpc) is 2.21. The van der Waals surface area contributed by atoms with Gasteiger partial charge in [-0.2, -0.15) is 0 Å². The molecule has 0 aliphatic heterocycles. The molecular weight excluding hydrogens is 219 g/mol. The van der Waals surface area contributed by atoms with E-state index in [1.54, 1.807) is 6.66 Å². The Hall–Kier alpha value is 0.190. The molecule has 0 aromatic rings. The van der Waals surface area contributed by atoms with Crippen molar-refractivity contribution in [1.29, 1.82) is 0 Å². The van der Waals surface area contributed by atoms with Gasteiger partial charge >= 0.3 is 0 Å². The normalized spacial score (nSPS) is 15.3. The summed E-state index contributed by atoms with van der Waals surface area (Å²) in [6.07, 6.45) is 8.21. The Bertz CT molecular complexity index is 202. The summed E-state index contributed by atoms with van der Waals surface area (Å²) in [5.41, 5.74) is 0. The van der Waals surface area contributed by atoms with Gasteiger partial charge in [-0.25, -0.2) is 0 Å². The van der Waals surface area contributed by atoms with E-state index in [2.05, 4.69) is 20.8 Å². The average molecular weight is 248 g/mol. The molecule has 0 aromatic carbocycles. The van der Waals surface area contributed by atoms with Crippen molar-refractivity contribution < 1.29 is 9.09 Å². The highest BCUT2D eigenvalue weighted by atomic mass is 31.2. The highest BCUT2D eigenvalue weighted by molar-refractivity contribution is 7.58. The van der Waals surface area contributed by atoms with Crippen LogP contribution in [-0.4, -0.2) is 19.4 Å². The zero-order valence-electron chi connectivity index (χ0n) is 11.5. The first-order valence-electron chi connectivity index (χ1n) is 6.69. The van der Waals surface area contributed by atoms with Crippen LogP contribution >= 0.6 is 7.37 Å². The predicted octanol–water partition coefficient (Wildman–Crippen LogP) is 4.93. The van der Waals surface area contributed by atoms with Gasteiger partial charge in [0.15, 0.2) is 7.37 Å². The summed E-state index contributed by atoms with van der Waals surface area (Å²) in [6, 6.07) is 0. The van der Waals surface area contributed by atoms with Crippen molar-refractivity contribution in [1.82, 2.24) is 0 Å². The molecule has 0 heterocycles. The summed E-state index contributed by atoms with van der Waals surface area (Å²) in [5.74, 6) is 0.470. The number of hydrogen-bond donors (Lipinski definition) is 0. The lowest BCUT2D eigenvalue weighted by Gasteiger charge is -2.15. The molecule has 0 spiro atoms. The standard InChI is InChI=1S/C13H29O2P/c1-5-6-7-8-9-10-11-16(4,14)15-12-13(2)3/h13H,5-12H2,1-4H3. The third-order valence-electron chi connectivity index (χ3n) is 2.60. The second-order valence-electron chi connectivity index (χ2n) is 5.20. The number of hydrogen-bond acceptors (Lipinski definition) is 2. The molecule has 0 aliphatic carbocycles. The molecule has 98 valence electrons. The van der Waals surface area contributed by atoms with Crippen LogP contribution in [-0.2, 0) is 9.09 Å². The first kappa shape index (κ1) is 16.2. The molecule has 1 unspecified atom stereocenters. The highest BCUT2D eigenvalue weighted by Gasteiger charge is 2.15. The summed E-state index contributed by atoms with van der Waals surface area (Å²) in [5, 5.41) is 0. The molecule has 0 aromatic heterocycles. The van der Waals surface area contributed by atoms with Gasteiger partial charge in [0.25, 0.3) is 0 Å². The van der Waals surface area contributed by atoms with Crippen LogP contribution in [0.15, 0.2) is 0 Å². The Morgan fingerprint density at radius 1 is 1.06 bits per heavy atom. The van der Waals surface area contributed by atoms with E-state index in [1.165, 1.54) is 32.1 Å². The monoisotopic (exact) mass is 248 g/mol. The molecular formula is C13H29O2P. The summed E-state index contributed by atoms with van der Waals surface area (Å²) in [7, 11) is -2.30. The Morgan fingerprint density at radius 3 is 2.19 bits per heavy atom. The first-order chi connectivity index (χ1) is 7.48. The fraction of sp³-hybridized carbons (Fsp3) is 1.00. The van der Waals surface area contributed by atoms with Crippen LogP contribution in [0, 0.1) is 5.92 Å². The second-order valence-corrected chi connectivity index (χ2v) is 7.93. The molecule has 2 nitrogen and oxygen atoms in total. The minimum absolute atomic E-state index is 0.470. The smallest absolute Gasteiger partial charge is 0.200 e. The minimum Gasteiger partial charge on any atom is -0.328 e. The van der Waals surface area contributed by atoms with Gasteiger partial charge < -0.3 is 4.52 Å². The third kappa shape index (κ3) is 10.7. The van der Waals surface area contributed by atoms with Gasteiger partial charge in [0.05, 0.1) is 6.61 Å². The largest absolute Gasteiger partial charge is 0.328 e. The predicted molar refractivity (Wildman–Crippen MR) is 72.6 cm³/mol. The zero-order chi connectivity index (χ0) is 12.4. The van der Waals surface area contributed by atoms with Gasteiger partial charge in [-0.3, -0.25) is 4.57 Å². The van der Waals surface area contributed by atoms with Gasteiger partial charge in [-0.05, 0) is 12.3 Å². The van der Waals surface area contributed by atoms with Crippen molar-refractivity contribution in [2.75, 3.05) is 19.4 Å². The minimum atomic E-state index is -2.30. The third-order valence-corrected chi connectivity index (χ3v) is 4.42. The Morgan fingerprint density at radius 2 is 1.62 bits per heavy atom. The Balaban J connectivity index is 3.47. The number of unbranched alkanes of at least 4 members (excludes halogenated alkanes) is 5. The fourth-order valence-electron chi connectivity index (χ4n) is 1.55. The number of rotatable bonds is 10. The van der Waals surface area contributed by atoms with Crippen LogP contribution in [0.3, 0.4) is 0 Å². The van der Waals surface area contributed by atoms with E-state index in [0.29, 0.717) is 12.5 Å². The van der Waals surface area contributed by atoms with E-state index in [-0.39, 0.29) is 0 Å². The topological polar surface area (TPSA) is 26.3 Å². The van der Waals surface area contributed by atoms with Crippen molar-refractivity contribution in [3.63, 3.8) is 0 Å². The SMILES string of the molecule is CCCCCCCCP(C)(=O)OCC(C)C. The molecule has 0 bridgehead atoms. The zero-order valence-corrected chi connectivity index (χ0v) is 12.4. The lowest BCUT2D eigenvalue weighted by atomic mass is 10.1. The van der Waals surface area contributed by atoms with E-state index in [9.17, 15) is 4.57 Å². The van der Waals surface area contributed by atoms with Gasteiger partial charge in [0.1, 0.15) is 0 Å². The van der Waals surface area contributed by atoms with Crippen molar-refractivity contribution >= 4 is 7.37 Å². The molecule has 0 N–H and O–H groups in total. The van der Waals surface area contributed by atoms with E-state index in [1.807, 2.05) is 0 Å². The molecule has 0 amide bonds. The van der Waals surface area contributed by atoms with Crippen LogP contribution in [0.1, 0.15) is 59.3 Å². The van der Waals surface area contributed by atoms with E-state index in [4.69, 9.17) is 4.52 Å². The van der Waals surface area contributed by atoms with Crippen molar-refractivity contribution in [3.05, 3.63) is 0 Å². The van der Waals surface area contributed by atoms with Crippen LogP contribution in [0.25, 0.3) is 0 Å². The van der Waals surface area contributed by atoms with Gasteiger partial charge in [-0.1, -0.05) is 52.9 Å². The van der Waals surface area contributed by atoms with Crippen LogP contribution in [0.2, 0.25) is 0 Å². The quantitative estimate of drug-likeness (QED) is 0.405. The molecule has 1 atom stereocenters. The molecule has 3 heteroatoms. The molecule has 0 aliphatic rings. The Kier molecular flexibility index (Phi) is 9.35. The lowest BCUT2D eigenvalue weighted by Crippen LogP contribution is -2.02. The van der Waals surface area contributed by atoms with Crippen LogP contribution < -0.4 is 0 Å². The molecule has 0 rings (SSSR count). The highest BCUT2D eigenvalue weighted by Crippen LogP contribution is 2.43. The summed E-state index contributed by atoms with van der Waals surface area (Å²) >= 11 is 0. The summed E-state index contributed by atoms with van der Waals surface area (Å²) in [4.78, 5) is 0. The second kappa shape index (κ2) is 9.24. The maximum atomic E-state index is 12.0. The van der Waals surface area contributed by atoms with E-state index < -0.39 is 7.37 Å². The van der Waals surface area contributed by atoms with Crippen LogP contribution in [0.4, 0.5) is 0 Å². The molecule has 0 saturated carbocycles. The fourth-order valence-corrected chi connectivity index (χ4v) is 3.09. The summed E-state index contributed by atoms with van der Waals surface area (Å²) in [6.45, 7) is 8.81. The Labute approximate surface area is 102 Å². The maximum absolute atomic E-state index is 12.0. The van der Waals surface area contributed by atoms with Crippen molar-refractivity contribution in [3.8, 4) is 0 Å². The van der Waals surface area contributed by atoms with E-state index >= 15 is 0 Å². The van der Waals surface area contributed by atoms with Gasteiger partial charge in [0.2, 0.25) is 0 Å². The van der Waals surface area contributed by atoms with Crippen molar-refractivity contribution in [2.24, 2.45) is 5.92 Å². The molecule has 0 saturated heterocycles. The molecule has 0 radical (unpaired) electrons. The summed E-state index contributed by atoms with van der Waals surface area (Å²) < 4.78 is 17.5. The van der Waals surface area contributed by atoms with E-state index in [0.717, 1.165) is 12.6 Å². The van der Waals surface area contributed by atoms with Gasteiger partial charge in [-0.15, -0.1) is 0 Å². The lowest BCUT2D eigenvalue weighted by molar-refractivity contribution is 0.272. The van der Waals surface area contributed by atoms with Gasteiger partial charge in [0, 0.05) is 12.8 Å². The van der Waals surface area contributed by atoms with Crippen molar-refractivity contribution in [2.45, 2.75) is 59.3 Å². The van der Waals surface area contributed by atoms with Crippen LogP contribution in [0.5, 0.6) is 0 Å². The molecule has 0 fully saturated rings. The maximum Gasteiger partial charge on any atom is 0.200 e.